The van der Waals surface area contributed by atoms with Crippen molar-refractivity contribution in [1.29, 1.82) is 0 Å². The van der Waals surface area contributed by atoms with Crippen molar-refractivity contribution in [2.75, 3.05) is 37.4 Å². The zero-order valence-corrected chi connectivity index (χ0v) is 27.6. The van der Waals surface area contributed by atoms with Gasteiger partial charge in [-0.15, -0.1) is 0 Å². The highest BCUT2D eigenvalue weighted by Crippen LogP contribution is 2.40. The Hall–Kier alpha value is -3.49. The second kappa shape index (κ2) is 15.7. The van der Waals surface area contributed by atoms with Crippen LogP contribution >= 0.6 is 0 Å². The molecule has 8 heteroatoms. The normalized spacial score (nSPS) is 18.2. The predicted molar refractivity (Wildman–Crippen MR) is 184 cm³/mol. The Morgan fingerprint density at radius 3 is 2.29 bits per heavy atom. The fourth-order valence-corrected chi connectivity index (χ4v) is 8.06. The second-order valence-electron chi connectivity index (χ2n) is 12.6. The molecule has 1 unspecified atom stereocenters. The summed E-state index contributed by atoms with van der Waals surface area (Å²) in [7, 11) is -3.90. The molecule has 1 N–H and O–H groups in total. The molecule has 1 aliphatic carbocycles. The number of sulfonamides is 1. The topological polar surface area (TPSA) is 82.1 Å². The van der Waals surface area contributed by atoms with Crippen LogP contribution in [0.25, 0.3) is 0 Å². The minimum absolute atomic E-state index is 0.0196. The molecule has 0 aromatic heterocycles. The van der Waals surface area contributed by atoms with E-state index >= 15 is 0 Å². The molecule has 2 fully saturated rings. The Balaban J connectivity index is 1.24. The first-order chi connectivity index (χ1) is 21.9. The van der Waals surface area contributed by atoms with Crippen LogP contribution in [0.5, 0.6) is 0 Å². The van der Waals surface area contributed by atoms with Gasteiger partial charge >= 0.3 is 0 Å². The zero-order chi connectivity index (χ0) is 31.6. The van der Waals surface area contributed by atoms with Crippen LogP contribution in [0.4, 0.5) is 11.4 Å². The molecule has 0 radical (unpaired) electrons. The van der Waals surface area contributed by atoms with Crippen LogP contribution in [0.1, 0.15) is 98.5 Å². The van der Waals surface area contributed by atoms with E-state index in [0.717, 1.165) is 57.3 Å². The zero-order valence-electron chi connectivity index (χ0n) is 26.8. The molecule has 45 heavy (non-hydrogen) atoms. The molecule has 2 aliphatic rings. The smallest absolute Gasteiger partial charge is 0.264 e. The number of nitrogens with one attached hydrogen (secondary N) is 1. The molecule has 3 aromatic carbocycles. The van der Waals surface area contributed by atoms with Crippen LogP contribution in [0.2, 0.25) is 0 Å². The summed E-state index contributed by atoms with van der Waals surface area (Å²) in [6, 6.07) is 22.9. The van der Waals surface area contributed by atoms with Crippen LogP contribution in [-0.2, 0) is 10.0 Å². The van der Waals surface area contributed by atoms with E-state index in [1.54, 1.807) is 36.5 Å². The molecule has 1 saturated heterocycles. The molecule has 1 aliphatic heterocycles. The summed E-state index contributed by atoms with van der Waals surface area (Å²) >= 11 is 0. The molecule has 3 aromatic rings. The van der Waals surface area contributed by atoms with E-state index in [2.05, 4.69) is 45.8 Å². The Labute approximate surface area is 269 Å². The first kappa shape index (κ1) is 32.9. The molecule has 1 saturated carbocycles. The fourth-order valence-electron chi connectivity index (χ4n) is 6.82. The van der Waals surface area contributed by atoms with Gasteiger partial charge in [0.2, 0.25) is 0 Å². The van der Waals surface area contributed by atoms with Crippen LogP contribution in [-0.4, -0.2) is 63.1 Å². The number of hydrogen-bond donors (Lipinski definition) is 1. The van der Waals surface area contributed by atoms with Crippen molar-refractivity contribution in [2.45, 2.75) is 81.9 Å². The van der Waals surface area contributed by atoms with Crippen molar-refractivity contribution in [1.82, 2.24) is 9.80 Å². The molecule has 240 valence electrons. The number of amides is 1. The summed E-state index contributed by atoms with van der Waals surface area (Å²) in [5.41, 5.74) is 3.88. The maximum absolute atomic E-state index is 13.7. The molecule has 1 atom stereocenters. The summed E-state index contributed by atoms with van der Waals surface area (Å²) in [5, 5.41) is 0. The van der Waals surface area contributed by atoms with E-state index < -0.39 is 10.0 Å². The number of para-hydroxylation sites is 1. The number of benzene rings is 3. The predicted octanol–water partition coefficient (Wildman–Crippen LogP) is 7.99. The van der Waals surface area contributed by atoms with Gasteiger partial charge in [-0.3, -0.25) is 14.5 Å². The second-order valence-corrected chi connectivity index (χ2v) is 14.2. The number of aliphatic imine (C=N–C) groups is 1. The lowest BCUT2D eigenvalue weighted by molar-refractivity contribution is 0.0761. The quantitative estimate of drug-likeness (QED) is 0.244. The molecular weight excluding hydrogens is 580 g/mol. The van der Waals surface area contributed by atoms with Gasteiger partial charge in [0, 0.05) is 43.6 Å². The van der Waals surface area contributed by atoms with Crippen molar-refractivity contribution in [3.8, 4) is 0 Å². The van der Waals surface area contributed by atoms with Crippen LogP contribution < -0.4 is 4.72 Å². The van der Waals surface area contributed by atoms with Gasteiger partial charge in [0.1, 0.15) is 4.90 Å². The number of nitrogens with zero attached hydrogens (tertiary/aromatic N) is 3. The van der Waals surface area contributed by atoms with Crippen LogP contribution in [0.3, 0.4) is 0 Å². The summed E-state index contributed by atoms with van der Waals surface area (Å²) in [6.07, 6.45) is 10.8. The highest BCUT2D eigenvalue weighted by atomic mass is 32.2. The number of carbonyl (C=O) groups excluding carboxylic acids is 1. The van der Waals surface area contributed by atoms with Crippen LogP contribution in [0.15, 0.2) is 82.7 Å². The largest absolute Gasteiger partial charge is 0.337 e. The number of anilines is 1. The van der Waals surface area contributed by atoms with Crippen molar-refractivity contribution in [3.63, 3.8) is 0 Å². The van der Waals surface area contributed by atoms with Crippen molar-refractivity contribution in [3.05, 3.63) is 89.5 Å². The van der Waals surface area contributed by atoms with E-state index in [9.17, 15) is 13.2 Å². The molecule has 7 nitrogen and oxygen atoms in total. The number of rotatable bonds is 9. The van der Waals surface area contributed by atoms with Crippen molar-refractivity contribution >= 4 is 33.5 Å². The number of hydrogen-bond acceptors (Lipinski definition) is 5. The van der Waals surface area contributed by atoms with Gasteiger partial charge in [-0.2, -0.15) is 0 Å². The Morgan fingerprint density at radius 1 is 0.867 bits per heavy atom. The Morgan fingerprint density at radius 2 is 1.58 bits per heavy atom. The van der Waals surface area contributed by atoms with Crippen molar-refractivity contribution < 1.29 is 13.2 Å². The highest BCUT2D eigenvalue weighted by Gasteiger charge is 2.26. The summed E-state index contributed by atoms with van der Waals surface area (Å²) < 4.78 is 30.1. The van der Waals surface area contributed by atoms with E-state index in [1.807, 2.05) is 30.0 Å². The Kier molecular flexibility index (Phi) is 11.5. The van der Waals surface area contributed by atoms with E-state index in [1.165, 1.54) is 24.8 Å². The molecule has 1 amide bonds. The lowest BCUT2D eigenvalue weighted by Gasteiger charge is -2.25. The average Bonchev–Trinajstić information content (AvgIpc) is 3.27. The molecule has 1 heterocycles. The summed E-state index contributed by atoms with van der Waals surface area (Å²) in [5.74, 6) is 0.718. The Bertz CT molecular complexity index is 1530. The average molecular weight is 629 g/mol. The molecule has 0 spiro atoms. The third kappa shape index (κ3) is 8.61. The maximum Gasteiger partial charge on any atom is 0.264 e. The van der Waals surface area contributed by atoms with E-state index in [0.29, 0.717) is 41.9 Å². The monoisotopic (exact) mass is 628 g/mol. The minimum atomic E-state index is -3.90. The maximum atomic E-state index is 13.7. The number of carbonyl (C=O) groups is 1. The van der Waals surface area contributed by atoms with Crippen molar-refractivity contribution in [2.24, 2.45) is 4.99 Å². The van der Waals surface area contributed by atoms with E-state index in [4.69, 9.17) is 0 Å². The lowest BCUT2D eigenvalue weighted by atomic mass is 9.85. The molecule has 5 rings (SSSR count). The lowest BCUT2D eigenvalue weighted by Crippen LogP contribution is -2.36. The van der Waals surface area contributed by atoms with Gasteiger partial charge in [-0.25, -0.2) is 8.42 Å². The summed E-state index contributed by atoms with van der Waals surface area (Å²) in [6.45, 7) is 8.23. The van der Waals surface area contributed by atoms with Gasteiger partial charge in [0.05, 0.1) is 5.69 Å². The molecular formula is C37H48N4O3S. The van der Waals surface area contributed by atoms with Gasteiger partial charge in [-0.1, -0.05) is 81.5 Å². The first-order valence-electron chi connectivity index (χ1n) is 16.7. The SMILES string of the molecule is CC=Nc1c(C2CCCCCCC2)cccc1S(=O)(=O)Nc1ccc(C(=O)N2CCCN(CC(C)c3ccccc3)CC2)cc1. The summed E-state index contributed by atoms with van der Waals surface area (Å²) in [4.78, 5) is 22.6. The third-order valence-electron chi connectivity index (χ3n) is 9.28. The van der Waals surface area contributed by atoms with Gasteiger partial charge in [0.15, 0.2) is 0 Å². The standard InChI is InChI=1S/C37H48N4O3S/c1-3-38-36-34(31-16-8-5-4-6-9-17-31)18-12-19-35(36)45(43,44)39-33-22-20-32(21-23-33)37(42)41-25-13-24-40(26-27-41)28-29(2)30-14-10-7-11-15-30/h3,7,10-12,14-15,18-23,29,31,39H,4-6,8-9,13,16-17,24-28H2,1-2H3. The molecule has 0 bridgehead atoms. The minimum Gasteiger partial charge on any atom is -0.337 e. The van der Waals surface area contributed by atoms with Gasteiger partial charge in [0.25, 0.3) is 15.9 Å². The van der Waals surface area contributed by atoms with Gasteiger partial charge < -0.3 is 9.80 Å². The van der Waals surface area contributed by atoms with E-state index in [-0.39, 0.29) is 10.8 Å². The first-order valence-corrected chi connectivity index (χ1v) is 18.1. The van der Waals surface area contributed by atoms with Crippen LogP contribution in [0, 0.1) is 0 Å². The highest BCUT2D eigenvalue weighted by molar-refractivity contribution is 7.92. The van der Waals surface area contributed by atoms with Gasteiger partial charge in [-0.05, 0) is 86.0 Å². The fraction of sp³-hybridized carbons (Fsp3) is 0.459. The third-order valence-corrected chi connectivity index (χ3v) is 10.7.